The van der Waals surface area contributed by atoms with Crippen LogP contribution in [0.1, 0.15) is 24.5 Å². The molecule has 0 saturated heterocycles. The Morgan fingerprint density at radius 2 is 1.71 bits per heavy atom. The summed E-state index contributed by atoms with van der Waals surface area (Å²) in [4.78, 5) is 0. The van der Waals surface area contributed by atoms with E-state index in [0.717, 1.165) is 49.5 Å². The van der Waals surface area contributed by atoms with E-state index >= 15 is 0 Å². The standard InChI is InChI=1S/C20H28N2O2/c1-3-24-20-11-8-17(15-19(20)21)5-4-13-22-14-12-16-6-9-18(23-2)10-7-16/h6-11,15,22H,3-5,12-14,21H2,1-2H3. The van der Waals surface area contributed by atoms with Crippen LogP contribution < -0.4 is 20.5 Å². The third kappa shape index (κ3) is 5.78. The maximum atomic E-state index is 5.99. The fourth-order valence-corrected chi connectivity index (χ4v) is 2.61. The second kappa shape index (κ2) is 9.83. The molecule has 0 heterocycles. The Labute approximate surface area is 145 Å². The van der Waals surface area contributed by atoms with Crippen molar-refractivity contribution in [3.63, 3.8) is 0 Å². The highest BCUT2D eigenvalue weighted by molar-refractivity contribution is 5.54. The highest BCUT2D eigenvalue weighted by Crippen LogP contribution is 2.23. The third-order valence-corrected chi connectivity index (χ3v) is 3.94. The van der Waals surface area contributed by atoms with Crippen LogP contribution in [0, 0.1) is 0 Å². The van der Waals surface area contributed by atoms with Crippen molar-refractivity contribution in [1.29, 1.82) is 0 Å². The van der Waals surface area contributed by atoms with Crippen molar-refractivity contribution in [2.75, 3.05) is 32.5 Å². The third-order valence-electron chi connectivity index (χ3n) is 3.94. The molecule has 2 aromatic rings. The first-order valence-corrected chi connectivity index (χ1v) is 8.57. The molecule has 0 bridgehead atoms. The van der Waals surface area contributed by atoms with Gasteiger partial charge in [-0.05, 0) is 74.7 Å². The van der Waals surface area contributed by atoms with Crippen LogP contribution in [0.25, 0.3) is 0 Å². The number of nitrogens with one attached hydrogen (secondary N) is 1. The number of anilines is 1. The van der Waals surface area contributed by atoms with Crippen molar-refractivity contribution in [3.8, 4) is 11.5 Å². The summed E-state index contributed by atoms with van der Waals surface area (Å²) in [6.45, 7) is 4.59. The van der Waals surface area contributed by atoms with Gasteiger partial charge in [0.15, 0.2) is 0 Å². The molecule has 0 atom stereocenters. The summed E-state index contributed by atoms with van der Waals surface area (Å²) in [6, 6.07) is 14.3. The zero-order valence-corrected chi connectivity index (χ0v) is 14.7. The van der Waals surface area contributed by atoms with E-state index in [-0.39, 0.29) is 0 Å². The highest BCUT2D eigenvalue weighted by atomic mass is 16.5. The molecule has 0 aromatic heterocycles. The molecule has 4 heteroatoms. The van der Waals surface area contributed by atoms with Gasteiger partial charge in [0.05, 0.1) is 19.4 Å². The van der Waals surface area contributed by atoms with Gasteiger partial charge < -0.3 is 20.5 Å². The lowest BCUT2D eigenvalue weighted by Crippen LogP contribution is -2.19. The van der Waals surface area contributed by atoms with Gasteiger partial charge >= 0.3 is 0 Å². The molecule has 0 amide bonds. The average molecular weight is 328 g/mol. The van der Waals surface area contributed by atoms with Crippen molar-refractivity contribution in [2.45, 2.75) is 26.2 Å². The van der Waals surface area contributed by atoms with Gasteiger partial charge in [0.1, 0.15) is 11.5 Å². The summed E-state index contributed by atoms with van der Waals surface area (Å²) in [7, 11) is 1.69. The van der Waals surface area contributed by atoms with Crippen molar-refractivity contribution in [1.82, 2.24) is 5.32 Å². The largest absolute Gasteiger partial charge is 0.497 e. The zero-order valence-electron chi connectivity index (χ0n) is 14.7. The van der Waals surface area contributed by atoms with E-state index in [0.29, 0.717) is 6.61 Å². The number of ether oxygens (including phenoxy) is 2. The van der Waals surface area contributed by atoms with E-state index in [1.54, 1.807) is 7.11 Å². The molecule has 0 saturated carbocycles. The Morgan fingerprint density at radius 3 is 2.38 bits per heavy atom. The molecule has 0 radical (unpaired) electrons. The van der Waals surface area contributed by atoms with Gasteiger partial charge in [0.25, 0.3) is 0 Å². The predicted octanol–water partition coefficient (Wildman–Crippen LogP) is 3.44. The van der Waals surface area contributed by atoms with Gasteiger partial charge in [-0.1, -0.05) is 18.2 Å². The normalized spacial score (nSPS) is 10.6. The first-order valence-electron chi connectivity index (χ1n) is 8.57. The van der Waals surface area contributed by atoms with Crippen LogP contribution in [0.5, 0.6) is 11.5 Å². The first-order chi connectivity index (χ1) is 11.7. The number of rotatable bonds is 10. The molecule has 0 unspecified atom stereocenters. The topological polar surface area (TPSA) is 56.5 Å². The van der Waals surface area contributed by atoms with Crippen molar-refractivity contribution in [2.24, 2.45) is 0 Å². The number of aryl methyl sites for hydroxylation is 1. The minimum absolute atomic E-state index is 0.641. The van der Waals surface area contributed by atoms with E-state index in [2.05, 4.69) is 23.5 Å². The monoisotopic (exact) mass is 328 g/mol. The van der Waals surface area contributed by atoms with Crippen LogP contribution in [-0.2, 0) is 12.8 Å². The first kappa shape index (κ1) is 18.1. The van der Waals surface area contributed by atoms with E-state index < -0.39 is 0 Å². The Kier molecular flexibility index (Phi) is 7.43. The molecule has 0 aliphatic rings. The Bertz CT molecular complexity index is 612. The number of nitrogen functional groups attached to an aromatic ring is 1. The van der Waals surface area contributed by atoms with Gasteiger partial charge in [-0.2, -0.15) is 0 Å². The van der Waals surface area contributed by atoms with E-state index in [4.69, 9.17) is 15.2 Å². The molecule has 3 N–H and O–H groups in total. The predicted molar refractivity (Wildman–Crippen MR) is 99.9 cm³/mol. The molecule has 130 valence electrons. The van der Waals surface area contributed by atoms with Gasteiger partial charge in [0.2, 0.25) is 0 Å². The van der Waals surface area contributed by atoms with E-state index in [1.807, 2.05) is 31.2 Å². The van der Waals surface area contributed by atoms with Crippen LogP contribution in [0.4, 0.5) is 5.69 Å². The van der Waals surface area contributed by atoms with Gasteiger partial charge in [-0.15, -0.1) is 0 Å². The van der Waals surface area contributed by atoms with Gasteiger partial charge in [0, 0.05) is 0 Å². The quantitative estimate of drug-likeness (QED) is 0.518. The van der Waals surface area contributed by atoms with Crippen molar-refractivity contribution >= 4 is 5.69 Å². The molecule has 0 spiro atoms. The molecular weight excluding hydrogens is 300 g/mol. The maximum absolute atomic E-state index is 5.99. The lowest BCUT2D eigenvalue weighted by atomic mass is 10.1. The van der Waals surface area contributed by atoms with Crippen molar-refractivity contribution in [3.05, 3.63) is 53.6 Å². The average Bonchev–Trinajstić information content (AvgIpc) is 2.61. The Hall–Kier alpha value is -2.20. The van der Waals surface area contributed by atoms with Crippen LogP contribution in [0.15, 0.2) is 42.5 Å². The molecule has 24 heavy (non-hydrogen) atoms. The summed E-state index contributed by atoms with van der Waals surface area (Å²) in [5, 5.41) is 3.49. The zero-order chi connectivity index (χ0) is 17.2. The number of methoxy groups -OCH3 is 1. The summed E-state index contributed by atoms with van der Waals surface area (Å²) in [5.41, 5.74) is 9.30. The van der Waals surface area contributed by atoms with Crippen LogP contribution >= 0.6 is 0 Å². The van der Waals surface area contributed by atoms with Crippen LogP contribution in [-0.4, -0.2) is 26.8 Å². The second-order valence-electron chi connectivity index (χ2n) is 5.76. The Balaban J connectivity index is 1.63. The van der Waals surface area contributed by atoms with Gasteiger partial charge in [-0.3, -0.25) is 0 Å². The molecule has 4 nitrogen and oxygen atoms in total. The highest BCUT2D eigenvalue weighted by Gasteiger charge is 2.01. The summed E-state index contributed by atoms with van der Waals surface area (Å²) in [6.07, 6.45) is 3.14. The molecule has 2 rings (SSSR count). The SMILES string of the molecule is CCOc1ccc(CCCNCCc2ccc(OC)cc2)cc1N. The second-order valence-corrected chi connectivity index (χ2v) is 5.76. The molecule has 0 aliphatic carbocycles. The summed E-state index contributed by atoms with van der Waals surface area (Å²) in [5.74, 6) is 1.68. The molecule has 0 fully saturated rings. The van der Waals surface area contributed by atoms with Crippen LogP contribution in [0.3, 0.4) is 0 Å². The fourth-order valence-electron chi connectivity index (χ4n) is 2.61. The minimum Gasteiger partial charge on any atom is -0.497 e. The number of nitrogens with two attached hydrogens (primary N) is 1. The van der Waals surface area contributed by atoms with E-state index in [9.17, 15) is 0 Å². The maximum Gasteiger partial charge on any atom is 0.142 e. The smallest absolute Gasteiger partial charge is 0.142 e. The molecular formula is C20H28N2O2. The lowest BCUT2D eigenvalue weighted by Gasteiger charge is -2.09. The van der Waals surface area contributed by atoms with Crippen molar-refractivity contribution < 1.29 is 9.47 Å². The van der Waals surface area contributed by atoms with Crippen LogP contribution in [0.2, 0.25) is 0 Å². The number of hydrogen-bond acceptors (Lipinski definition) is 4. The minimum atomic E-state index is 0.641. The van der Waals surface area contributed by atoms with Gasteiger partial charge in [-0.25, -0.2) is 0 Å². The molecule has 0 aliphatic heterocycles. The summed E-state index contributed by atoms with van der Waals surface area (Å²) >= 11 is 0. The fraction of sp³-hybridized carbons (Fsp3) is 0.400. The number of benzene rings is 2. The molecule has 2 aromatic carbocycles. The van der Waals surface area contributed by atoms with E-state index in [1.165, 1.54) is 11.1 Å². The summed E-state index contributed by atoms with van der Waals surface area (Å²) < 4.78 is 10.6. The Morgan fingerprint density at radius 1 is 0.958 bits per heavy atom. The lowest BCUT2D eigenvalue weighted by molar-refractivity contribution is 0.342. The number of hydrogen-bond donors (Lipinski definition) is 2.